The molecule has 4 heteroatoms. The van der Waals surface area contributed by atoms with Crippen LogP contribution in [-0.2, 0) is 4.79 Å². The molecule has 0 saturated carbocycles. The van der Waals surface area contributed by atoms with E-state index in [2.05, 4.69) is 0 Å². The molecule has 1 aromatic rings. The fourth-order valence-corrected chi connectivity index (χ4v) is 0.759. The first-order valence-corrected chi connectivity index (χ1v) is 3.45. The van der Waals surface area contributed by atoms with Crippen molar-refractivity contribution in [2.45, 2.75) is 0 Å². The third-order valence-electron chi connectivity index (χ3n) is 1.24. The highest BCUT2D eigenvalue weighted by molar-refractivity contribution is 5.75. The van der Waals surface area contributed by atoms with Crippen LogP contribution < -0.4 is 16.2 Å². The van der Waals surface area contributed by atoms with Gasteiger partial charge in [0.2, 0.25) is 0 Å². The first-order chi connectivity index (χ1) is 5.68. The second kappa shape index (κ2) is 3.61. The quantitative estimate of drug-likeness (QED) is 0.626. The lowest BCUT2D eigenvalue weighted by Gasteiger charge is -2.03. The maximum absolute atomic E-state index is 10.3. The summed E-state index contributed by atoms with van der Waals surface area (Å²) < 4.78 is 4.99. The average molecular weight is 166 g/mol. The number of amides is 1. The van der Waals surface area contributed by atoms with Crippen molar-refractivity contribution in [2.75, 3.05) is 12.3 Å². The van der Waals surface area contributed by atoms with Crippen LogP contribution in [0.2, 0.25) is 0 Å². The molecule has 0 bridgehead atoms. The van der Waals surface area contributed by atoms with E-state index in [1.54, 1.807) is 24.3 Å². The van der Waals surface area contributed by atoms with Gasteiger partial charge in [0.1, 0.15) is 5.75 Å². The van der Waals surface area contributed by atoms with Crippen LogP contribution >= 0.6 is 0 Å². The molecule has 0 aliphatic rings. The van der Waals surface area contributed by atoms with Gasteiger partial charge in [-0.1, -0.05) is 6.07 Å². The summed E-state index contributed by atoms with van der Waals surface area (Å²) in [6, 6.07) is 6.81. The van der Waals surface area contributed by atoms with Crippen molar-refractivity contribution >= 4 is 11.6 Å². The van der Waals surface area contributed by atoms with Crippen LogP contribution in [0.25, 0.3) is 0 Å². The molecule has 0 aliphatic heterocycles. The maximum atomic E-state index is 10.3. The Balaban J connectivity index is 2.57. The fourth-order valence-electron chi connectivity index (χ4n) is 0.759. The Labute approximate surface area is 70.1 Å². The van der Waals surface area contributed by atoms with Gasteiger partial charge in [0, 0.05) is 11.8 Å². The predicted octanol–water partition coefficient (Wildman–Crippen LogP) is 0.133. The van der Waals surface area contributed by atoms with Crippen LogP contribution in [0.4, 0.5) is 5.69 Å². The third kappa shape index (κ3) is 2.49. The van der Waals surface area contributed by atoms with Gasteiger partial charge in [0.25, 0.3) is 5.91 Å². The summed E-state index contributed by atoms with van der Waals surface area (Å²) in [6.45, 7) is -0.122. The second-order valence-corrected chi connectivity index (χ2v) is 2.33. The van der Waals surface area contributed by atoms with Crippen LogP contribution in [0.1, 0.15) is 0 Å². The molecule has 0 unspecified atom stereocenters. The minimum atomic E-state index is -0.502. The Hall–Kier alpha value is -1.71. The molecule has 0 saturated heterocycles. The van der Waals surface area contributed by atoms with Gasteiger partial charge in [0.05, 0.1) is 0 Å². The molecule has 0 heterocycles. The zero-order valence-corrected chi connectivity index (χ0v) is 6.49. The number of hydrogen-bond acceptors (Lipinski definition) is 3. The summed E-state index contributed by atoms with van der Waals surface area (Å²) in [5, 5.41) is 0. The largest absolute Gasteiger partial charge is 0.484 e. The standard InChI is InChI=1S/C8H10N2O2/c9-6-2-1-3-7(4-6)12-5-8(10)11/h1-4H,5,9H2,(H2,10,11). The number of benzene rings is 1. The highest BCUT2D eigenvalue weighted by Gasteiger charge is 1.96. The van der Waals surface area contributed by atoms with Gasteiger partial charge in [-0.15, -0.1) is 0 Å². The van der Waals surface area contributed by atoms with Crippen molar-refractivity contribution < 1.29 is 9.53 Å². The minimum absolute atomic E-state index is 0.122. The number of rotatable bonds is 3. The number of anilines is 1. The normalized spacial score (nSPS) is 9.33. The summed E-state index contributed by atoms with van der Waals surface area (Å²) in [4.78, 5) is 10.3. The van der Waals surface area contributed by atoms with Crippen molar-refractivity contribution in [1.29, 1.82) is 0 Å². The van der Waals surface area contributed by atoms with E-state index >= 15 is 0 Å². The zero-order valence-electron chi connectivity index (χ0n) is 6.49. The lowest BCUT2D eigenvalue weighted by Crippen LogP contribution is -2.20. The molecular weight excluding hydrogens is 156 g/mol. The first kappa shape index (κ1) is 8.39. The summed E-state index contributed by atoms with van der Waals surface area (Å²) in [6.07, 6.45) is 0. The molecule has 12 heavy (non-hydrogen) atoms. The summed E-state index contributed by atoms with van der Waals surface area (Å²) in [5.41, 5.74) is 10.9. The summed E-state index contributed by atoms with van der Waals surface area (Å²) in [7, 11) is 0. The minimum Gasteiger partial charge on any atom is -0.484 e. The number of nitrogens with two attached hydrogens (primary N) is 2. The Morgan fingerprint density at radius 1 is 1.50 bits per heavy atom. The molecular formula is C8H10N2O2. The van der Waals surface area contributed by atoms with Crippen LogP contribution in [0.5, 0.6) is 5.75 Å². The van der Waals surface area contributed by atoms with E-state index in [0.717, 1.165) is 0 Å². The lowest BCUT2D eigenvalue weighted by atomic mass is 10.3. The Bertz CT molecular complexity index is 286. The predicted molar refractivity (Wildman–Crippen MR) is 45.5 cm³/mol. The monoisotopic (exact) mass is 166 g/mol. The summed E-state index contributed by atoms with van der Waals surface area (Å²) >= 11 is 0. The number of carbonyl (C=O) groups excluding carboxylic acids is 1. The van der Waals surface area contributed by atoms with E-state index in [1.165, 1.54) is 0 Å². The van der Waals surface area contributed by atoms with Crippen molar-refractivity contribution in [2.24, 2.45) is 5.73 Å². The van der Waals surface area contributed by atoms with Crippen molar-refractivity contribution in [3.63, 3.8) is 0 Å². The molecule has 4 N–H and O–H groups in total. The molecule has 0 aliphatic carbocycles. The van der Waals surface area contributed by atoms with E-state index in [4.69, 9.17) is 16.2 Å². The van der Waals surface area contributed by atoms with E-state index in [0.29, 0.717) is 11.4 Å². The van der Waals surface area contributed by atoms with Gasteiger partial charge in [0.15, 0.2) is 6.61 Å². The zero-order chi connectivity index (χ0) is 8.97. The Morgan fingerprint density at radius 2 is 2.25 bits per heavy atom. The Kier molecular flexibility index (Phi) is 2.53. The second-order valence-electron chi connectivity index (χ2n) is 2.33. The molecule has 64 valence electrons. The van der Waals surface area contributed by atoms with Crippen LogP contribution in [0, 0.1) is 0 Å². The number of carbonyl (C=O) groups is 1. The van der Waals surface area contributed by atoms with Crippen LogP contribution in [0.3, 0.4) is 0 Å². The number of nitrogen functional groups attached to an aromatic ring is 1. The molecule has 0 atom stereocenters. The third-order valence-corrected chi connectivity index (χ3v) is 1.24. The van der Waals surface area contributed by atoms with Gasteiger partial charge in [-0.25, -0.2) is 0 Å². The highest BCUT2D eigenvalue weighted by atomic mass is 16.5. The first-order valence-electron chi connectivity index (χ1n) is 3.45. The highest BCUT2D eigenvalue weighted by Crippen LogP contribution is 2.13. The molecule has 0 radical (unpaired) electrons. The Morgan fingerprint density at radius 3 is 2.83 bits per heavy atom. The number of hydrogen-bond donors (Lipinski definition) is 2. The number of ether oxygens (including phenoxy) is 1. The molecule has 0 spiro atoms. The van der Waals surface area contributed by atoms with Gasteiger partial charge >= 0.3 is 0 Å². The van der Waals surface area contributed by atoms with Crippen LogP contribution in [-0.4, -0.2) is 12.5 Å². The van der Waals surface area contributed by atoms with E-state index in [-0.39, 0.29) is 6.61 Å². The summed E-state index contributed by atoms with van der Waals surface area (Å²) in [5.74, 6) is 0.0474. The van der Waals surface area contributed by atoms with Crippen LogP contribution in [0.15, 0.2) is 24.3 Å². The van der Waals surface area contributed by atoms with Gasteiger partial charge in [-0.05, 0) is 12.1 Å². The lowest BCUT2D eigenvalue weighted by molar-refractivity contribution is -0.119. The smallest absolute Gasteiger partial charge is 0.255 e. The van der Waals surface area contributed by atoms with Gasteiger partial charge in [-0.2, -0.15) is 0 Å². The molecule has 4 nitrogen and oxygen atoms in total. The van der Waals surface area contributed by atoms with Crippen molar-refractivity contribution in [3.8, 4) is 5.75 Å². The maximum Gasteiger partial charge on any atom is 0.255 e. The fraction of sp³-hybridized carbons (Fsp3) is 0.125. The topological polar surface area (TPSA) is 78.3 Å². The molecule has 1 amide bonds. The van der Waals surface area contributed by atoms with E-state index in [9.17, 15) is 4.79 Å². The molecule has 0 aromatic heterocycles. The molecule has 1 rings (SSSR count). The van der Waals surface area contributed by atoms with E-state index < -0.39 is 5.91 Å². The van der Waals surface area contributed by atoms with Crippen molar-refractivity contribution in [3.05, 3.63) is 24.3 Å². The number of primary amides is 1. The van der Waals surface area contributed by atoms with E-state index in [1.807, 2.05) is 0 Å². The van der Waals surface area contributed by atoms with Gasteiger partial charge in [-0.3, -0.25) is 4.79 Å². The molecule has 0 fully saturated rings. The van der Waals surface area contributed by atoms with Crippen molar-refractivity contribution in [1.82, 2.24) is 0 Å². The average Bonchev–Trinajstić information content (AvgIpc) is 2.01. The van der Waals surface area contributed by atoms with Gasteiger partial charge < -0.3 is 16.2 Å². The SMILES string of the molecule is NC(=O)COc1cccc(N)c1. The molecule has 1 aromatic carbocycles.